The Bertz CT molecular complexity index is 721. The highest BCUT2D eigenvalue weighted by Gasteiger charge is 2.67. The lowest BCUT2D eigenvalue weighted by Gasteiger charge is -2.44. The predicted octanol–water partition coefficient (Wildman–Crippen LogP) is 1.75. The second-order valence-electron chi connectivity index (χ2n) is 8.21. The molecule has 2 aromatic carbocycles. The first kappa shape index (κ1) is 15.7. The van der Waals surface area contributed by atoms with E-state index in [2.05, 4.69) is 49.4 Å². The minimum atomic E-state index is 0. The van der Waals surface area contributed by atoms with Gasteiger partial charge in [0.25, 0.3) is 0 Å². The molecular weight excluding hydrogens is 346 g/mol. The lowest BCUT2D eigenvalue weighted by atomic mass is 9.84. The number of quaternary nitrogens is 1. The van der Waals surface area contributed by atoms with Crippen LogP contribution >= 0.6 is 0 Å². The van der Waals surface area contributed by atoms with Gasteiger partial charge in [0.2, 0.25) is 0 Å². The van der Waals surface area contributed by atoms with Crippen molar-refractivity contribution in [3.8, 4) is 0 Å². The van der Waals surface area contributed by atoms with Gasteiger partial charge in [0.1, 0.15) is 12.1 Å². The van der Waals surface area contributed by atoms with E-state index >= 15 is 0 Å². The summed E-state index contributed by atoms with van der Waals surface area (Å²) in [6, 6.07) is 15.9. The van der Waals surface area contributed by atoms with Crippen molar-refractivity contribution in [3.05, 3.63) is 48.0 Å². The number of hydrogen-bond donors (Lipinski definition) is 0. The van der Waals surface area contributed by atoms with Crippen molar-refractivity contribution in [1.82, 2.24) is 0 Å². The van der Waals surface area contributed by atoms with Crippen LogP contribution in [0, 0.1) is 11.8 Å². The Kier molecular flexibility index (Phi) is 3.62. The Morgan fingerprint density at radius 2 is 1.57 bits per heavy atom. The van der Waals surface area contributed by atoms with Crippen molar-refractivity contribution in [2.24, 2.45) is 11.8 Å². The largest absolute Gasteiger partial charge is 1.00 e. The normalized spacial score (nSPS) is 37.8. The molecule has 5 rings (SSSR count). The Balaban J connectivity index is 0.00000135. The van der Waals surface area contributed by atoms with E-state index in [9.17, 15) is 0 Å². The van der Waals surface area contributed by atoms with E-state index in [0.29, 0.717) is 5.54 Å². The quantitative estimate of drug-likeness (QED) is 0.705. The predicted molar refractivity (Wildman–Crippen MR) is 91.5 cm³/mol. The standard InChI is InChI=1S/C21H26N.BrH/c1-21-19-8-9-20(21)11-13-22(21,12-10-19)15-16-6-7-17-4-2-3-5-18(17)14-16;/h2-7,14,19-20H,8-13,15H2,1H3;1H/q+1;/p-1/t19-,20+,21?,22?;. The highest BCUT2D eigenvalue weighted by molar-refractivity contribution is 5.82. The molecule has 3 aliphatic rings. The van der Waals surface area contributed by atoms with Crippen LogP contribution in [0.3, 0.4) is 0 Å². The van der Waals surface area contributed by atoms with E-state index in [-0.39, 0.29) is 17.0 Å². The van der Waals surface area contributed by atoms with Crippen LogP contribution in [-0.2, 0) is 6.54 Å². The first-order valence-corrected chi connectivity index (χ1v) is 9.05. The summed E-state index contributed by atoms with van der Waals surface area (Å²) in [5.74, 6) is 2.00. The van der Waals surface area contributed by atoms with Gasteiger partial charge in [-0.1, -0.05) is 36.4 Å². The topological polar surface area (TPSA) is 0 Å². The van der Waals surface area contributed by atoms with Crippen LogP contribution < -0.4 is 17.0 Å². The van der Waals surface area contributed by atoms with Crippen molar-refractivity contribution >= 4 is 10.8 Å². The fraction of sp³-hybridized carbons (Fsp3) is 0.524. The monoisotopic (exact) mass is 371 g/mol. The maximum Gasteiger partial charge on any atom is 0.105 e. The van der Waals surface area contributed by atoms with E-state index in [1.54, 1.807) is 5.56 Å². The number of halogens is 1. The average Bonchev–Trinajstić information content (AvgIpc) is 3.12. The van der Waals surface area contributed by atoms with Gasteiger partial charge in [0.05, 0.1) is 13.1 Å². The second-order valence-corrected chi connectivity index (χ2v) is 8.21. The molecule has 1 saturated carbocycles. The Labute approximate surface area is 150 Å². The van der Waals surface area contributed by atoms with Crippen molar-refractivity contribution in [1.29, 1.82) is 0 Å². The molecule has 0 bridgehead atoms. The first-order valence-electron chi connectivity index (χ1n) is 9.05. The Morgan fingerprint density at radius 1 is 0.913 bits per heavy atom. The summed E-state index contributed by atoms with van der Waals surface area (Å²) in [6.45, 7) is 6.74. The molecule has 3 fully saturated rings. The van der Waals surface area contributed by atoms with Gasteiger partial charge in [0.15, 0.2) is 0 Å². The molecule has 2 heteroatoms. The lowest BCUT2D eigenvalue weighted by Crippen LogP contribution is -3.00. The molecule has 0 spiro atoms. The lowest BCUT2D eigenvalue weighted by molar-refractivity contribution is -0.965. The van der Waals surface area contributed by atoms with Crippen molar-refractivity contribution in [2.75, 3.05) is 13.1 Å². The number of hydrogen-bond acceptors (Lipinski definition) is 0. The number of nitrogens with zero attached hydrogens (tertiary/aromatic N) is 1. The number of benzene rings is 2. The summed E-state index contributed by atoms with van der Waals surface area (Å²) < 4.78 is 1.39. The third kappa shape index (κ3) is 2.01. The van der Waals surface area contributed by atoms with Gasteiger partial charge < -0.3 is 21.5 Å². The molecule has 1 nitrogen and oxygen atoms in total. The van der Waals surface area contributed by atoms with E-state index < -0.39 is 0 Å². The molecule has 23 heavy (non-hydrogen) atoms. The molecule has 2 aromatic rings. The molecule has 0 N–H and O–H groups in total. The fourth-order valence-electron chi connectivity index (χ4n) is 6.38. The summed E-state index contributed by atoms with van der Waals surface area (Å²) >= 11 is 0. The van der Waals surface area contributed by atoms with E-state index in [0.717, 1.165) is 11.8 Å². The van der Waals surface area contributed by atoms with Gasteiger partial charge in [-0.2, -0.15) is 0 Å². The maximum absolute atomic E-state index is 2.64. The van der Waals surface area contributed by atoms with Crippen LogP contribution in [0.5, 0.6) is 0 Å². The molecule has 1 aliphatic carbocycles. The van der Waals surface area contributed by atoms with Gasteiger partial charge >= 0.3 is 0 Å². The van der Waals surface area contributed by atoms with Crippen LogP contribution in [0.4, 0.5) is 0 Å². The van der Waals surface area contributed by atoms with E-state index in [1.807, 2.05) is 0 Å². The second kappa shape index (κ2) is 5.32. The zero-order valence-electron chi connectivity index (χ0n) is 14.0. The molecule has 0 radical (unpaired) electrons. The third-order valence-electron chi connectivity index (χ3n) is 7.65. The Morgan fingerprint density at radius 3 is 2.26 bits per heavy atom. The minimum Gasteiger partial charge on any atom is -1.00 e. The zero-order valence-corrected chi connectivity index (χ0v) is 15.6. The summed E-state index contributed by atoms with van der Waals surface area (Å²) in [5.41, 5.74) is 2.14. The van der Waals surface area contributed by atoms with Crippen molar-refractivity contribution in [3.63, 3.8) is 0 Å². The van der Waals surface area contributed by atoms with Crippen LogP contribution in [-0.4, -0.2) is 23.1 Å². The molecule has 2 unspecified atom stereocenters. The summed E-state index contributed by atoms with van der Waals surface area (Å²) in [7, 11) is 0. The van der Waals surface area contributed by atoms with Crippen molar-refractivity contribution < 1.29 is 21.5 Å². The molecule has 4 atom stereocenters. The highest BCUT2D eigenvalue weighted by Crippen LogP contribution is 2.60. The van der Waals surface area contributed by atoms with E-state index in [1.165, 1.54) is 60.6 Å². The maximum atomic E-state index is 2.64. The third-order valence-corrected chi connectivity index (χ3v) is 7.65. The summed E-state index contributed by atoms with van der Waals surface area (Å²) in [4.78, 5) is 0. The summed E-state index contributed by atoms with van der Waals surface area (Å²) in [5, 5.41) is 2.78. The molecule has 2 saturated heterocycles. The Hall–Kier alpha value is -0.860. The fourth-order valence-corrected chi connectivity index (χ4v) is 6.38. The van der Waals surface area contributed by atoms with Crippen LogP contribution in [0.2, 0.25) is 0 Å². The number of fused-ring (bicyclic) bond motifs is 1. The zero-order chi connectivity index (χ0) is 14.8. The average molecular weight is 372 g/mol. The molecule has 2 heterocycles. The molecule has 0 aromatic heterocycles. The van der Waals surface area contributed by atoms with Gasteiger partial charge in [0, 0.05) is 30.2 Å². The highest BCUT2D eigenvalue weighted by atomic mass is 79.9. The SMILES string of the molecule is CC12[C@@H]3CC[C@H]1CC[N+]2(Cc1ccc2ccccc2c1)CC3.[Br-]. The molecule has 0 amide bonds. The molecule has 2 aliphatic heterocycles. The molecule has 122 valence electrons. The minimum absolute atomic E-state index is 0. The van der Waals surface area contributed by atoms with Gasteiger partial charge in [-0.3, -0.25) is 0 Å². The molecular formula is C21H26BrN. The van der Waals surface area contributed by atoms with Gasteiger partial charge in [-0.05, 0) is 36.6 Å². The first-order chi connectivity index (χ1) is 10.7. The van der Waals surface area contributed by atoms with Crippen LogP contribution in [0.1, 0.15) is 38.2 Å². The van der Waals surface area contributed by atoms with Crippen LogP contribution in [0.15, 0.2) is 42.5 Å². The van der Waals surface area contributed by atoms with Crippen LogP contribution in [0.25, 0.3) is 10.8 Å². The smallest absolute Gasteiger partial charge is 0.105 e. The van der Waals surface area contributed by atoms with E-state index in [4.69, 9.17) is 0 Å². The van der Waals surface area contributed by atoms with Gasteiger partial charge in [-0.25, -0.2) is 0 Å². The van der Waals surface area contributed by atoms with Gasteiger partial charge in [-0.15, -0.1) is 0 Å². The summed E-state index contributed by atoms with van der Waals surface area (Å²) in [6.07, 6.45) is 5.94. The number of rotatable bonds is 2. The van der Waals surface area contributed by atoms with Crippen molar-refractivity contribution in [2.45, 2.75) is 44.7 Å².